The molecule has 5 nitrogen and oxygen atoms in total. The van der Waals surface area contributed by atoms with E-state index in [2.05, 4.69) is 11.4 Å². The third-order valence-corrected chi connectivity index (χ3v) is 6.90. The van der Waals surface area contributed by atoms with E-state index >= 15 is 0 Å². The lowest BCUT2D eigenvalue weighted by atomic mass is 9.97. The molecule has 1 aliphatic heterocycles. The Hall–Kier alpha value is -1.73. The fourth-order valence-corrected chi connectivity index (χ4v) is 5.02. The van der Waals surface area contributed by atoms with Crippen molar-refractivity contribution in [3.8, 4) is 0 Å². The maximum absolute atomic E-state index is 14.1. The van der Waals surface area contributed by atoms with Crippen LogP contribution in [0.2, 0.25) is 0 Å². The van der Waals surface area contributed by atoms with E-state index < -0.39 is 21.7 Å². The van der Waals surface area contributed by atoms with Gasteiger partial charge in [-0.2, -0.15) is 4.31 Å². The van der Waals surface area contributed by atoms with Gasteiger partial charge in [0, 0.05) is 19.6 Å². The van der Waals surface area contributed by atoms with Crippen LogP contribution in [0.5, 0.6) is 0 Å². The lowest BCUT2D eigenvalue weighted by Gasteiger charge is -2.16. The molecule has 0 radical (unpaired) electrons. The molecule has 1 aromatic rings. The van der Waals surface area contributed by atoms with Crippen LogP contribution in [0, 0.1) is 5.82 Å². The van der Waals surface area contributed by atoms with Crippen molar-refractivity contribution in [2.24, 2.45) is 0 Å². The third-order valence-electron chi connectivity index (χ3n) is 5.00. The number of allylic oxidation sites excluding steroid dienone is 1. The monoisotopic (exact) mass is 380 g/mol. The van der Waals surface area contributed by atoms with Crippen molar-refractivity contribution < 1.29 is 17.6 Å². The summed E-state index contributed by atoms with van der Waals surface area (Å²) in [5.74, 6) is -1.28. The molecule has 0 unspecified atom stereocenters. The van der Waals surface area contributed by atoms with Crippen LogP contribution in [0.15, 0.2) is 34.7 Å². The van der Waals surface area contributed by atoms with Gasteiger partial charge in [-0.1, -0.05) is 11.6 Å². The zero-order chi connectivity index (χ0) is 18.6. The fourth-order valence-electron chi connectivity index (χ4n) is 3.48. The molecule has 1 heterocycles. The van der Waals surface area contributed by atoms with Gasteiger partial charge < -0.3 is 5.32 Å². The molecule has 0 atom stereocenters. The Morgan fingerprint density at radius 1 is 1.15 bits per heavy atom. The van der Waals surface area contributed by atoms with E-state index in [1.807, 2.05) is 0 Å². The Morgan fingerprint density at radius 3 is 2.62 bits per heavy atom. The van der Waals surface area contributed by atoms with Gasteiger partial charge in [0.1, 0.15) is 5.82 Å². The normalized spacial score (nSPS) is 18.6. The Kier molecular flexibility index (Phi) is 6.09. The molecular weight excluding hydrogens is 355 g/mol. The first-order valence-corrected chi connectivity index (χ1v) is 10.7. The lowest BCUT2D eigenvalue weighted by Crippen LogP contribution is -2.29. The van der Waals surface area contributed by atoms with Crippen molar-refractivity contribution in [3.63, 3.8) is 0 Å². The van der Waals surface area contributed by atoms with Crippen LogP contribution in [-0.2, 0) is 10.0 Å². The van der Waals surface area contributed by atoms with Crippen molar-refractivity contribution in [3.05, 3.63) is 41.2 Å². The van der Waals surface area contributed by atoms with Crippen molar-refractivity contribution >= 4 is 15.9 Å². The van der Waals surface area contributed by atoms with Crippen LogP contribution in [0.25, 0.3) is 0 Å². The fraction of sp³-hybridized carbons (Fsp3) is 0.526. The minimum atomic E-state index is -3.67. The molecule has 1 aromatic carbocycles. The summed E-state index contributed by atoms with van der Waals surface area (Å²) < 4.78 is 40.7. The van der Waals surface area contributed by atoms with Gasteiger partial charge in [-0.15, -0.1) is 0 Å². The molecule has 0 aromatic heterocycles. The molecular formula is C19H25FN2O3S. The summed E-state index contributed by atoms with van der Waals surface area (Å²) in [5, 5.41) is 2.71. The van der Waals surface area contributed by atoms with Crippen LogP contribution < -0.4 is 5.32 Å². The van der Waals surface area contributed by atoms with E-state index in [0.717, 1.165) is 44.2 Å². The quantitative estimate of drug-likeness (QED) is 0.771. The van der Waals surface area contributed by atoms with Gasteiger partial charge in [-0.3, -0.25) is 4.79 Å². The van der Waals surface area contributed by atoms with E-state index in [0.29, 0.717) is 19.6 Å². The third kappa shape index (κ3) is 4.32. The minimum absolute atomic E-state index is 0.0269. The Morgan fingerprint density at radius 2 is 1.92 bits per heavy atom. The number of sulfonamides is 1. The van der Waals surface area contributed by atoms with Gasteiger partial charge in [-0.05, 0) is 63.1 Å². The zero-order valence-corrected chi connectivity index (χ0v) is 15.7. The topological polar surface area (TPSA) is 66.5 Å². The predicted molar refractivity (Wildman–Crippen MR) is 97.9 cm³/mol. The number of hydrogen-bond donors (Lipinski definition) is 1. The Bertz CT molecular complexity index is 799. The number of halogens is 1. The molecule has 1 fully saturated rings. The van der Waals surface area contributed by atoms with Crippen molar-refractivity contribution in [1.82, 2.24) is 9.62 Å². The highest BCUT2D eigenvalue weighted by atomic mass is 32.2. The first-order valence-electron chi connectivity index (χ1n) is 9.24. The molecule has 1 amide bonds. The molecule has 0 saturated carbocycles. The molecule has 1 N–H and O–H groups in total. The zero-order valence-electron chi connectivity index (χ0n) is 14.8. The first-order chi connectivity index (χ1) is 12.5. The van der Waals surface area contributed by atoms with Crippen LogP contribution in [-0.4, -0.2) is 38.3 Å². The van der Waals surface area contributed by atoms with Gasteiger partial charge in [0.05, 0.1) is 10.5 Å². The van der Waals surface area contributed by atoms with E-state index in [4.69, 9.17) is 0 Å². The Labute approximate surface area is 154 Å². The number of benzene rings is 1. The maximum atomic E-state index is 14.1. The van der Waals surface area contributed by atoms with Gasteiger partial charge in [0.2, 0.25) is 10.0 Å². The van der Waals surface area contributed by atoms with Crippen LogP contribution >= 0.6 is 0 Å². The maximum Gasteiger partial charge on any atom is 0.254 e. The second-order valence-electron chi connectivity index (χ2n) is 6.87. The summed E-state index contributed by atoms with van der Waals surface area (Å²) in [4.78, 5) is 12.3. The minimum Gasteiger partial charge on any atom is -0.352 e. The van der Waals surface area contributed by atoms with Gasteiger partial charge >= 0.3 is 0 Å². The van der Waals surface area contributed by atoms with E-state index in [1.165, 1.54) is 28.8 Å². The van der Waals surface area contributed by atoms with E-state index in [-0.39, 0.29) is 10.5 Å². The highest BCUT2D eigenvalue weighted by Gasteiger charge is 2.28. The first kappa shape index (κ1) is 19.0. The van der Waals surface area contributed by atoms with Crippen LogP contribution in [0.1, 0.15) is 55.3 Å². The number of hydrogen-bond acceptors (Lipinski definition) is 3. The second-order valence-corrected chi connectivity index (χ2v) is 8.80. The average Bonchev–Trinajstić information content (AvgIpc) is 3.18. The SMILES string of the molecule is O=C(NCCC1=CCCCC1)c1cc(S(=O)(=O)N2CCCC2)ccc1F. The van der Waals surface area contributed by atoms with E-state index in [9.17, 15) is 17.6 Å². The largest absolute Gasteiger partial charge is 0.352 e. The Balaban J connectivity index is 1.68. The highest BCUT2D eigenvalue weighted by molar-refractivity contribution is 7.89. The lowest BCUT2D eigenvalue weighted by molar-refractivity contribution is 0.0949. The summed E-state index contributed by atoms with van der Waals surface area (Å²) >= 11 is 0. The number of amides is 1. The second kappa shape index (κ2) is 8.31. The molecule has 26 heavy (non-hydrogen) atoms. The van der Waals surface area contributed by atoms with Crippen molar-refractivity contribution in [2.45, 2.75) is 49.8 Å². The molecule has 7 heteroatoms. The summed E-state index contributed by atoms with van der Waals surface area (Å²) in [6, 6.07) is 3.44. The van der Waals surface area contributed by atoms with Crippen molar-refractivity contribution in [2.75, 3.05) is 19.6 Å². The highest BCUT2D eigenvalue weighted by Crippen LogP contribution is 2.23. The predicted octanol–water partition coefficient (Wildman–Crippen LogP) is 3.23. The summed E-state index contributed by atoms with van der Waals surface area (Å²) in [7, 11) is -3.67. The smallest absolute Gasteiger partial charge is 0.254 e. The standard InChI is InChI=1S/C19H25FN2O3S/c20-18-9-8-16(26(24,25)22-12-4-5-13-22)14-17(18)19(23)21-11-10-15-6-2-1-3-7-15/h6,8-9,14H,1-5,7,10-13H2,(H,21,23). The van der Waals surface area contributed by atoms with Gasteiger partial charge in [0.15, 0.2) is 0 Å². The molecule has 2 aliphatic rings. The molecule has 0 bridgehead atoms. The molecule has 3 rings (SSSR count). The molecule has 1 saturated heterocycles. The molecule has 142 valence electrons. The summed E-state index contributed by atoms with van der Waals surface area (Å²) in [6.07, 6.45) is 9.11. The number of nitrogens with zero attached hydrogens (tertiary/aromatic N) is 1. The molecule has 0 spiro atoms. The van der Waals surface area contributed by atoms with Gasteiger partial charge in [0.25, 0.3) is 5.91 Å². The number of rotatable bonds is 6. The van der Waals surface area contributed by atoms with Crippen molar-refractivity contribution in [1.29, 1.82) is 0 Å². The van der Waals surface area contributed by atoms with Crippen LogP contribution in [0.4, 0.5) is 4.39 Å². The van der Waals surface area contributed by atoms with Crippen LogP contribution in [0.3, 0.4) is 0 Å². The van der Waals surface area contributed by atoms with E-state index in [1.54, 1.807) is 0 Å². The molecule has 1 aliphatic carbocycles. The summed E-state index contributed by atoms with van der Waals surface area (Å²) in [5.41, 5.74) is 1.10. The average molecular weight is 380 g/mol. The van der Waals surface area contributed by atoms with Gasteiger partial charge in [-0.25, -0.2) is 12.8 Å². The number of carbonyl (C=O) groups excluding carboxylic acids is 1. The number of carbonyl (C=O) groups is 1. The number of nitrogens with one attached hydrogen (secondary N) is 1. The summed E-state index contributed by atoms with van der Waals surface area (Å²) in [6.45, 7) is 1.36.